The van der Waals surface area contributed by atoms with Crippen molar-refractivity contribution in [3.8, 4) is 11.1 Å². The van der Waals surface area contributed by atoms with E-state index >= 15 is 0 Å². The molecule has 1 aliphatic heterocycles. The van der Waals surface area contributed by atoms with Crippen molar-refractivity contribution in [1.82, 2.24) is 5.53 Å². The lowest BCUT2D eigenvalue weighted by Gasteiger charge is -2.05. The minimum absolute atomic E-state index is 0.281. The van der Waals surface area contributed by atoms with Gasteiger partial charge in [0.1, 0.15) is 5.69 Å². The Kier molecular flexibility index (Phi) is 6.02. The summed E-state index contributed by atoms with van der Waals surface area (Å²) in [6, 6.07) is 18.0. The third kappa shape index (κ3) is 4.66. The van der Waals surface area contributed by atoms with Gasteiger partial charge in [-0.05, 0) is 35.9 Å². The predicted molar refractivity (Wildman–Crippen MR) is 110 cm³/mol. The number of nitrogens with zero attached hydrogens (tertiary/aromatic N) is 3. The SMILES string of the molecule is O=[N+]([O-])c1ccc(-c2ccc(Br)cc2)c([N+](=O)[O-])c1.ON1NNc2ccccc21. The van der Waals surface area contributed by atoms with Crippen LogP contribution in [0.3, 0.4) is 0 Å². The maximum atomic E-state index is 11.0. The van der Waals surface area contributed by atoms with E-state index in [4.69, 9.17) is 5.21 Å². The van der Waals surface area contributed by atoms with E-state index in [0.29, 0.717) is 11.1 Å². The predicted octanol–water partition coefficient (Wildman–Crippen LogP) is 4.66. The van der Waals surface area contributed by atoms with Crippen molar-refractivity contribution in [2.75, 3.05) is 10.6 Å². The smallest absolute Gasteiger partial charge is 0.284 e. The molecule has 3 N–H and O–H groups in total. The number of nitro benzene ring substituents is 2. The Balaban J connectivity index is 0.000000200. The molecule has 4 rings (SSSR count). The van der Waals surface area contributed by atoms with Gasteiger partial charge in [0.2, 0.25) is 0 Å². The molecule has 0 saturated carbocycles. The third-order valence-corrected chi connectivity index (χ3v) is 4.50. The average molecular weight is 460 g/mol. The van der Waals surface area contributed by atoms with Crippen molar-refractivity contribution in [1.29, 1.82) is 0 Å². The molecule has 0 bridgehead atoms. The molecule has 0 aliphatic carbocycles. The lowest BCUT2D eigenvalue weighted by atomic mass is 10.0. The third-order valence-electron chi connectivity index (χ3n) is 3.97. The van der Waals surface area contributed by atoms with Gasteiger partial charge in [0.25, 0.3) is 11.4 Å². The Morgan fingerprint density at radius 1 is 0.931 bits per heavy atom. The molecule has 0 radical (unpaired) electrons. The van der Waals surface area contributed by atoms with Crippen LogP contribution in [0.5, 0.6) is 0 Å². The Labute approximate surface area is 172 Å². The van der Waals surface area contributed by atoms with Crippen molar-refractivity contribution in [3.63, 3.8) is 0 Å². The van der Waals surface area contributed by atoms with Crippen LogP contribution >= 0.6 is 15.9 Å². The quantitative estimate of drug-likeness (QED) is 0.380. The highest BCUT2D eigenvalue weighted by atomic mass is 79.9. The molecule has 0 saturated heterocycles. The number of nitro groups is 2. The molecule has 0 fully saturated rings. The van der Waals surface area contributed by atoms with Crippen LogP contribution in [0.15, 0.2) is 71.2 Å². The van der Waals surface area contributed by atoms with Crippen LogP contribution in [0.25, 0.3) is 11.1 Å². The van der Waals surface area contributed by atoms with E-state index in [1.165, 1.54) is 12.1 Å². The second kappa shape index (κ2) is 8.65. The zero-order chi connectivity index (χ0) is 21.0. The molecule has 3 aromatic carbocycles. The molecule has 0 aromatic heterocycles. The van der Waals surface area contributed by atoms with E-state index in [1.54, 1.807) is 24.3 Å². The highest BCUT2D eigenvalue weighted by molar-refractivity contribution is 9.10. The molecule has 0 unspecified atom stereocenters. The van der Waals surface area contributed by atoms with E-state index in [9.17, 15) is 20.2 Å². The van der Waals surface area contributed by atoms with Crippen molar-refractivity contribution in [2.24, 2.45) is 0 Å². The fourth-order valence-corrected chi connectivity index (χ4v) is 2.86. The van der Waals surface area contributed by atoms with Crippen LogP contribution in [0.2, 0.25) is 0 Å². The van der Waals surface area contributed by atoms with Crippen molar-refractivity contribution in [3.05, 3.63) is 91.4 Å². The van der Waals surface area contributed by atoms with Crippen LogP contribution in [-0.2, 0) is 0 Å². The number of rotatable bonds is 3. The lowest BCUT2D eigenvalue weighted by molar-refractivity contribution is -0.393. The van der Waals surface area contributed by atoms with E-state index in [0.717, 1.165) is 27.1 Å². The van der Waals surface area contributed by atoms with Gasteiger partial charge in [-0.1, -0.05) is 40.2 Å². The van der Waals surface area contributed by atoms with Crippen LogP contribution in [0.1, 0.15) is 0 Å². The number of non-ortho nitro benzene ring substituents is 1. The molecule has 0 atom stereocenters. The first-order valence-electron chi connectivity index (χ1n) is 8.15. The monoisotopic (exact) mass is 459 g/mol. The second-order valence-corrected chi connectivity index (χ2v) is 6.70. The highest BCUT2D eigenvalue weighted by Crippen LogP contribution is 2.33. The standard InChI is InChI=1S/C12H7BrN2O4.C6H7N3O/c13-9-3-1-8(2-4-9)11-6-5-10(14(16)17)7-12(11)15(18)19;10-9-6-4-2-1-3-5(6)7-8-9/h1-7H;1-4,7-8,10H. The Morgan fingerprint density at radius 2 is 1.62 bits per heavy atom. The number of fused-ring (bicyclic) bond motifs is 1. The molecule has 0 amide bonds. The molecular formula is C18H14BrN5O5. The molecule has 3 aromatic rings. The normalized spacial score (nSPS) is 11.7. The number of para-hydroxylation sites is 2. The fraction of sp³-hybridized carbons (Fsp3) is 0. The van der Waals surface area contributed by atoms with Gasteiger partial charge in [0.05, 0.1) is 27.2 Å². The summed E-state index contributed by atoms with van der Waals surface area (Å²) < 4.78 is 0.848. The van der Waals surface area contributed by atoms with E-state index < -0.39 is 9.85 Å². The van der Waals surface area contributed by atoms with Crippen LogP contribution in [-0.4, -0.2) is 15.1 Å². The maximum Gasteiger partial charge on any atom is 0.284 e. The molecule has 1 heterocycles. The second-order valence-electron chi connectivity index (χ2n) is 5.79. The Bertz CT molecular complexity index is 1060. The number of hydrogen-bond donors (Lipinski definition) is 3. The van der Waals surface area contributed by atoms with Gasteiger partial charge in [0, 0.05) is 10.5 Å². The number of hydrazine groups is 2. The van der Waals surface area contributed by atoms with E-state index in [2.05, 4.69) is 26.9 Å². The van der Waals surface area contributed by atoms with Gasteiger partial charge >= 0.3 is 0 Å². The summed E-state index contributed by atoms with van der Waals surface area (Å²) in [7, 11) is 0. The molecule has 11 heteroatoms. The average Bonchev–Trinajstić information content (AvgIpc) is 3.10. The maximum absolute atomic E-state index is 11.0. The summed E-state index contributed by atoms with van der Waals surface area (Å²) in [6.07, 6.45) is 0. The summed E-state index contributed by atoms with van der Waals surface area (Å²) in [5.41, 5.74) is 7.32. The first kappa shape index (κ1) is 20.2. The topological polar surface area (TPSA) is 134 Å². The van der Waals surface area contributed by atoms with Crippen LogP contribution < -0.4 is 16.1 Å². The number of nitrogens with one attached hydrogen (secondary N) is 2. The van der Waals surface area contributed by atoms with E-state index in [-0.39, 0.29) is 11.4 Å². The van der Waals surface area contributed by atoms with Gasteiger partial charge < -0.3 is 0 Å². The number of hydrogen-bond acceptors (Lipinski definition) is 8. The minimum Gasteiger partial charge on any atom is -0.300 e. The summed E-state index contributed by atoms with van der Waals surface area (Å²) in [4.78, 5) is 20.4. The van der Waals surface area contributed by atoms with Gasteiger partial charge in [-0.3, -0.25) is 30.9 Å². The van der Waals surface area contributed by atoms with Crippen LogP contribution in [0, 0.1) is 20.2 Å². The Morgan fingerprint density at radius 3 is 2.24 bits per heavy atom. The highest BCUT2D eigenvalue weighted by Gasteiger charge is 2.20. The van der Waals surface area contributed by atoms with Crippen molar-refractivity contribution < 1.29 is 15.1 Å². The zero-order valence-electron chi connectivity index (χ0n) is 14.7. The molecule has 0 spiro atoms. The first-order chi connectivity index (χ1) is 13.9. The summed E-state index contributed by atoms with van der Waals surface area (Å²) >= 11 is 3.27. The molecule has 29 heavy (non-hydrogen) atoms. The Hall–Kier alpha value is -3.54. The summed E-state index contributed by atoms with van der Waals surface area (Å²) in [5, 5.41) is 31.6. The lowest BCUT2D eigenvalue weighted by Crippen LogP contribution is -2.32. The summed E-state index contributed by atoms with van der Waals surface area (Å²) in [5.74, 6) is 0. The molecule has 10 nitrogen and oxygen atoms in total. The minimum atomic E-state index is -0.654. The molecule has 148 valence electrons. The van der Waals surface area contributed by atoms with Crippen LogP contribution in [0.4, 0.5) is 22.7 Å². The van der Waals surface area contributed by atoms with Crippen molar-refractivity contribution in [2.45, 2.75) is 0 Å². The number of benzene rings is 3. The van der Waals surface area contributed by atoms with E-state index in [1.807, 2.05) is 24.3 Å². The fourth-order valence-electron chi connectivity index (χ4n) is 2.60. The van der Waals surface area contributed by atoms with Gasteiger partial charge in [-0.15, -0.1) is 5.53 Å². The van der Waals surface area contributed by atoms with Gasteiger partial charge in [0.15, 0.2) is 0 Å². The molecular weight excluding hydrogens is 446 g/mol. The van der Waals surface area contributed by atoms with Gasteiger partial charge in [-0.2, -0.15) is 5.17 Å². The number of halogens is 1. The molecule has 1 aliphatic rings. The first-order valence-corrected chi connectivity index (χ1v) is 8.94. The zero-order valence-corrected chi connectivity index (χ0v) is 16.2. The largest absolute Gasteiger partial charge is 0.300 e. The number of anilines is 2. The summed E-state index contributed by atoms with van der Waals surface area (Å²) in [6.45, 7) is 0. The van der Waals surface area contributed by atoms with Gasteiger partial charge in [-0.25, -0.2) is 0 Å². The van der Waals surface area contributed by atoms with Crippen molar-refractivity contribution >= 4 is 38.7 Å².